The molecule has 0 radical (unpaired) electrons. The summed E-state index contributed by atoms with van der Waals surface area (Å²) in [4.78, 5) is 0. The molecule has 2 rings (SSSR count). The first-order valence-corrected chi connectivity index (χ1v) is 9.06. The largest absolute Gasteiger partial charge is 0.381 e. The van der Waals surface area contributed by atoms with E-state index in [0.717, 1.165) is 38.7 Å². The van der Waals surface area contributed by atoms with E-state index in [1.807, 2.05) is 7.05 Å². The highest BCUT2D eigenvalue weighted by Crippen LogP contribution is 2.20. The maximum Gasteiger partial charge on any atom is 0.279 e. The van der Waals surface area contributed by atoms with E-state index in [4.69, 9.17) is 4.74 Å². The van der Waals surface area contributed by atoms with E-state index in [9.17, 15) is 8.42 Å². The van der Waals surface area contributed by atoms with Crippen molar-refractivity contribution in [3.63, 3.8) is 0 Å². The van der Waals surface area contributed by atoms with Crippen molar-refractivity contribution in [2.45, 2.75) is 38.1 Å². The number of ether oxygens (including phenoxy) is 1. The minimum atomic E-state index is -3.37. The number of hydrogen-bond donors (Lipinski definition) is 2. The second kappa shape index (κ2) is 7.70. The van der Waals surface area contributed by atoms with Crippen LogP contribution in [0, 0.1) is 5.92 Å². The molecule has 2 N–H and O–H groups in total. The molecule has 2 unspecified atom stereocenters. The molecule has 0 aliphatic carbocycles. The molecule has 0 bridgehead atoms. The van der Waals surface area contributed by atoms with E-state index in [1.54, 1.807) is 4.31 Å². The average molecular weight is 305 g/mol. The Hall–Kier alpha value is -0.210. The molecule has 7 heteroatoms. The van der Waals surface area contributed by atoms with Crippen LogP contribution in [0.3, 0.4) is 0 Å². The lowest BCUT2D eigenvalue weighted by Crippen LogP contribution is -2.52. The maximum atomic E-state index is 12.5. The molecule has 0 saturated carbocycles. The molecule has 0 amide bonds. The van der Waals surface area contributed by atoms with Crippen molar-refractivity contribution in [3.8, 4) is 0 Å². The highest BCUT2D eigenvalue weighted by molar-refractivity contribution is 7.87. The first kappa shape index (κ1) is 16.2. The first-order chi connectivity index (χ1) is 9.63. The Morgan fingerprint density at radius 1 is 1.20 bits per heavy atom. The zero-order valence-electron chi connectivity index (χ0n) is 12.3. The average Bonchev–Trinajstić information content (AvgIpc) is 2.47. The van der Waals surface area contributed by atoms with Crippen LogP contribution >= 0.6 is 0 Å². The summed E-state index contributed by atoms with van der Waals surface area (Å²) >= 11 is 0. The number of likely N-dealkylation sites (N-methyl/N-ethyl adjacent to an activating group) is 1. The second-order valence-electron chi connectivity index (χ2n) is 5.75. The molecule has 2 saturated heterocycles. The highest BCUT2D eigenvalue weighted by Gasteiger charge is 2.32. The Morgan fingerprint density at radius 3 is 2.75 bits per heavy atom. The van der Waals surface area contributed by atoms with Crippen molar-refractivity contribution < 1.29 is 13.2 Å². The minimum absolute atomic E-state index is 0.0776. The van der Waals surface area contributed by atoms with Crippen LogP contribution in [-0.2, 0) is 14.9 Å². The Kier molecular flexibility index (Phi) is 6.22. The van der Waals surface area contributed by atoms with Gasteiger partial charge in [0, 0.05) is 32.3 Å². The van der Waals surface area contributed by atoms with Gasteiger partial charge in [-0.05, 0) is 38.6 Å². The van der Waals surface area contributed by atoms with Gasteiger partial charge in [0.1, 0.15) is 0 Å². The van der Waals surface area contributed by atoms with Crippen LogP contribution in [0.4, 0.5) is 0 Å². The number of piperidine rings is 1. The van der Waals surface area contributed by atoms with E-state index in [1.165, 1.54) is 0 Å². The van der Waals surface area contributed by atoms with Crippen molar-refractivity contribution in [2.75, 3.05) is 39.9 Å². The Bertz CT molecular complexity index is 380. The predicted molar refractivity (Wildman–Crippen MR) is 78.7 cm³/mol. The molecule has 0 aromatic heterocycles. The fourth-order valence-corrected chi connectivity index (χ4v) is 4.56. The first-order valence-electron chi connectivity index (χ1n) is 7.62. The zero-order chi connectivity index (χ0) is 14.4. The van der Waals surface area contributed by atoms with Gasteiger partial charge in [0.15, 0.2) is 0 Å². The summed E-state index contributed by atoms with van der Waals surface area (Å²) in [5, 5.41) is 3.09. The summed E-state index contributed by atoms with van der Waals surface area (Å²) in [6.07, 6.45) is 5.07. The van der Waals surface area contributed by atoms with Crippen molar-refractivity contribution in [3.05, 3.63) is 0 Å². The Labute approximate surface area is 122 Å². The smallest absolute Gasteiger partial charge is 0.279 e. The van der Waals surface area contributed by atoms with Crippen LogP contribution in [0.2, 0.25) is 0 Å². The molecule has 0 spiro atoms. The lowest BCUT2D eigenvalue weighted by atomic mass is 10.0. The fraction of sp³-hybridized carbons (Fsp3) is 1.00. The van der Waals surface area contributed by atoms with Gasteiger partial charge in [-0.2, -0.15) is 12.7 Å². The monoisotopic (exact) mass is 305 g/mol. The van der Waals surface area contributed by atoms with Gasteiger partial charge in [0.2, 0.25) is 0 Å². The van der Waals surface area contributed by atoms with Crippen molar-refractivity contribution >= 4 is 10.2 Å². The zero-order valence-corrected chi connectivity index (χ0v) is 13.1. The highest BCUT2D eigenvalue weighted by atomic mass is 32.2. The number of hydrogen-bond acceptors (Lipinski definition) is 4. The predicted octanol–water partition coefficient (Wildman–Crippen LogP) is 0.321. The van der Waals surface area contributed by atoms with Crippen LogP contribution < -0.4 is 10.0 Å². The van der Waals surface area contributed by atoms with Crippen LogP contribution in [-0.4, -0.2) is 58.7 Å². The van der Waals surface area contributed by atoms with Crippen LogP contribution in [0.5, 0.6) is 0 Å². The quantitative estimate of drug-likeness (QED) is 0.741. The third-order valence-corrected chi connectivity index (χ3v) is 5.76. The lowest BCUT2D eigenvalue weighted by molar-refractivity contribution is 0.0565. The van der Waals surface area contributed by atoms with Gasteiger partial charge >= 0.3 is 0 Å². The van der Waals surface area contributed by atoms with Gasteiger partial charge < -0.3 is 10.1 Å². The molecular weight excluding hydrogens is 278 g/mol. The summed E-state index contributed by atoms with van der Waals surface area (Å²) in [6.45, 7) is 3.31. The third-order valence-electron chi connectivity index (χ3n) is 4.13. The molecule has 118 valence electrons. The standard InChI is InChI=1S/C13H27N3O3S/c1-14-10-13-6-2-3-7-16(13)20(17,18)15-9-12-5-4-8-19-11-12/h12-15H,2-11H2,1H3. The van der Waals surface area contributed by atoms with Gasteiger partial charge in [-0.25, -0.2) is 4.72 Å². The fourth-order valence-electron chi connectivity index (χ4n) is 3.00. The molecule has 20 heavy (non-hydrogen) atoms. The van der Waals surface area contributed by atoms with Crippen LogP contribution in [0.1, 0.15) is 32.1 Å². The number of nitrogens with zero attached hydrogens (tertiary/aromatic N) is 1. The number of rotatable bonds is 6. The van der Waals surface area contributed by atoms with Gasteiger partial charge in [-0.1, -0.05) is 6.42 Å². The SMILES string of the molecule is CNCC1CCCCN1S(=O)(=O)NCC1CCCOC1. The van der Waals surface area contributed by atoms with Gasteiger partial charge in [-0.3, -0.25) is 0 Å². The summed E-state index contributed by atoms with van der Waals surface area (Å²) in [5.74, 6) is 0.311. The molecule has 0 aromatic rings. The van der Waals surface area contributed by atoms with Crippen molar-refractivity contribution in [1.29, 1.82) is 0 Å². The summed E-state index contributed by atoms with van der Waals surface area (Å²) in [7, 11) is -1.50. The lowest BCUT2D eigenvalue weighted by Gasteiger charge is -2.35. The van der Waals surface area contributed by atoms with Crippen LogP contribution in [0.15, 0.2) is 0 Å². The van der Waals surface area contributed by atoms with Gasteiger partial charge in [0.05, 0.1) is 6.61 Å². The molecule has 0 aromatic carbocycles. The topological polar surface area (TPSA) is 70.7 Å². The van der Waals surface area contributed by atoms with Gasteiger partial charge in [-0.15, -0.1) is 0 Å². The molecule has 2 aliphatic heterocycles. The van der Waals surface area contributed by atoms with E-state index >= 15 is 0 Å². The number of nitrogens with one attached hydrogen (secondary N) is 2. The Balaban J connectivity index is 1.89. The summed E-state index contributed by atoms with van der Waals surface area (Å²) < 4.78 is 34.7. The minimum Gasteiger partial charge on any atom is -0.381 e. The van der Waals surface area contributed by atoms with Crippen molar-refractivity contribution in [2.24, 2.45) is 5.92 Å². The summed E-state index contributed by atoms with van der Waals surface area (Å²) in [6, 6.07) is 0.0776. The maximum absolute atomic E-state index is 12.5. The van der Waals surface area contributed by atoms with E-state index in [0.29, 0.717) is 32.2 Å². The van der Waals surface area contributed by atoms with E-state index in [-0.39, 0.29) is 6.04 Å². The molecule has 6 nitrogen and oxygen atoms in total. The molecule has 2 aliphatic rings. The van der Waals surface area contributed by atoms with Gasteiger partial charge in [0.25, 0.3) is 10.2 Å². The van der Waals surface area contributed by atoms with Crippen LogP contribution in [0.25, 0.3) is 0 Å². The summed E-state index contributed by atoms with van der Waals surface area (Å²) in [5.41, 5.74) is 0. The Morgan fingerprint density at radius 2 is 2.05 bits per heavy atom. The van der Waals surface area contributed by atoms with E-state index < -0.39 is 10.2 Å². The molecule has 2 fully saturated rings. The molecular formula is C13H27N3O3S. The van der Waals surface area contributed by atoms with E-state index in [2.05, 4.69) is 10.0 Å². The second-order valence-corrected chi connectivity index (χ2v) is 7.46. The molecule has 2 heterocycles. The third kappa shape index (κ3) is 4.39. The van der Waals surface area contributed by atoms with Crippen molar-refractivity contribution in [1.82, 2.24) is 14.3 Å². The molecule has 2 atom stereocenters. The normalized spacial score (nSPS) is 29.4.